The molecule has 7 heteroatoms. The van der Waals surface area contributed by atoms with Crippen molar-refractivity contribution in [3.8, 4) is 0 Å². The van der Waals surface area contributed by atoms with E-state index in [2.05, 4.69) is 11.9 Å². The van der Waals surface area contributed by atoms with Gasteiger partial charge in [0.2, 0.25) is 5.89 Å². The summed E-state index contributed by atoms with van der Waals surface area (Å²) in [6.07, 6.45) is 1.99. The van der Waals surface area contributed by atoms with Crippen molar-refractivity contribution in [3.05, 3.63) is 38.1 Å². The van der Waals surface area contributed by atoms with Gasteiger partial charge in [-0.2, -0.15) is 0 Å². The van der Waals surface area contributed by atoms with Gasteiger partial charge in [0.15, 0.2) is 5.16 Å². The van der Waals surface area contributed by atoms with Gasteiger partial charge in [0.25, 0.3) is 5.56 Å². The molecule has 0 radical (unpaired) electrons. The second-order valence-corrected chi connectivity index (χ2v) is 8.35. The summed E-state index contributed by atoms with van der Waals surface area (Å²) >= 11 is 3.11. The number of oxazole rings is 1. The van der Waals surface area contributed by atoms with Gasteiger partial charge < -0.3 is 4.42 Å². The zero-order valence-electron chi connectivity index (χ0n) is 15.3. The smallest absolute Gasteiger partial charge is 0.263 e. The lowest BCUT2D eigenvalue weighted by Crippen LogP contribution is -2.23. The molecule has 3 rings (SSSR count). The zero-order valence-corrected chi connectivity index (χ0v) is 16.9. The minimum Gasteiger partial charge on any atom is -0.445 e. The average molecular weight is 378 g/mol. The third-order valence-electron chi connectivity index (χ3n) is 4.39. The molecule has 0 unspecified atom stereocenters. The summed E-state index contributed by atoms with van der Waals surface area (Å²) in [6.45, 7) is 10.7. The quantitative estimate of drug-likeness (QED) is 0.457. The summed E-state index contributed by atoms with van der Waals surface area (Å²) in [6, 6.07) is 0. The maximum absolute atomic E-state index is 13.0. The molecule has 0 aliphatic heterocycles. The highest BCUT2D eigenvalue weighted by molar-refractivity contribution is 7.98. The maximum atomic E-state index is 13.0. The second-order valence-electron chi connectivity index (χ2n) is 6.21. The topological polar surface area (TPSA) is 60.9 Å². The van der Waals surface area contributed by atoms with Crippen LogP contribution in [-0.4, -0.2) is 14.5 Å². The summed E-state index contributed by atoms with van der Waals surface area (Å²) in [4.78, 5) is 24.2. The third-order valence-corrected chi connectivity index (χ3v) is 6.45. The molecule has 25 heavy (non-hydrogen) atoms. The number of aryl methyl sites for hydroxylation is 4. The maximum Gasteiger partial charge on any atom is 0.263 e. The van der Waals surface area contributed by atoms with Crippen LogP contribution in [0.1, 0.15) is 47.6 Å². The third kappa shape index (κ3) is 3.53. The molecule has 0 aliphatic rings. The molecule has 0 bridgehead atoms. The Kier molecular flexibility index (Phi) is 5.34. The molecule has 0 N–H and O–H groups in total. The zero-order chi connectivity index (χ0) is 18.1. The first kappa shape index (κ1) is 18.2. The normalized spacial score (nSPS) is 11.6. The van der Waals surface area contributed by atoms with E-state index in [1.54, 1.807) is 11.3 Å². The SMILES string of the molecule is CCCCn1c(SCc2nc(C)c(C)o2)nc2sc(C)c(C)c2c1=O. The summed E-state index contributed by atoms with van der Waals surface area (Å²) < 4.78 is 7.47. The van der Waals surface area contributed by atoms with Crippen molar-refractivity contribution in [2.45, 2.75) is 64.9 Å². The number of rotatable bonds is 6. The molecule has 0 amide bonds. The Bertz CT molecular complexity index is 950. The predicted molar refractivity (Wildman–Crippen MR) is 104 cm³/mol. The minimum atomic E-state index is 0.0718. The fourth-order valence-corrected chi connectivity index (χ4v) is 4.60. The largest absolute Gasteiger partial charge is 0.445 e. The standard InChI is InChI=1S/C18H23N3O2S2/c1-6-7-8-21-17(22)15-10(2)13(5)25-16(15)20-18(21)24-9-14-19-11(3)12(4)23-14/h6-9H2,1-5H3. The van der Waals surface area contributed by atoms with Crippen LogP contribution >= 0.6 is 23.1 Å². The van der Waals surface area contributed by atoms with Crippen molar-refractivity contribution in [1.29, 1.82) is 0 Å². The molecule has 134 valence electrons. The van der Waals surface area contributed by atoms with E-state index in [1.165, 1.54) is 11.8 Å². The molecule has 3 heterocycles. The number of thiophene rings is 1. The summed E-state index contributed by atoms with van der Waals surface area (Å²) in [7, 11) is 0. The number of fused-ring (bicyclic) bond motifs is 1. The fraction of sp³-hybridized carbons (Fsp3) is 0.500. The molecule has 3 aromatic heterocycles. The van der Waals surface area contributed by atoms with Gasteiger partial charge in [0.05, 0.1) is 16.8 Å². The molecule has 5 nitrogen and oxygen atoms in total. The molecule has 0 saturated heterocycles. The van der Waals surface area contributed by atoms with Gasteiger partial charge >= 0.3 is 0 Å². The van der Waals surface area contributed by atoms with E-state index in [1.807, 2.05) is 32.3 Å². The number of hydrogen-bond acceptors (Lipinski definition) is 6. The van der Waals surface area contributed by atoms with E-state index < -0.39 is 0 Å². The fourth-order valence-electron chi connectivity index (χ4n) is 2.66. The first-order chi connectivity index (χ1) is 11.9. The van der Waals surface area contributed by atoms with Gasteiger partial charge in [0.1, 0.15) is 10.6 Å². The highest BCUT2D eigenvalue weighted by Gasteiger charge is 2.17. The van der Waals surface area contributed by atoms with Crippen molar-refractivity contribution >= 4 is 33.3 Å². The Balaban J connectivity index is 2.00. The van der Waals surface area contributed by atoms with Crippen molar-refractivity contribution in [3.63, 3.8) is 0 Å². The lowest BCUT2D eigenvalue weighted by atomic mass is 10.2. The van der Waals surface area contributed by atoms with Crippen LogP contribution in [0.5, 0.6) is 0 Å². The molecule has 3 aromatic rings. The summed E-state index contributed by atoms with van der Waals surface area (Å²) in [5, 5.41) is 1.52. The highest BCUT2D eigenvalue weighted by atomic mass is 32.2. The van der Waals surface area contributed by atoms with Gasteiger partial charge in [-0.1, -0.05) is 25.1 Å². The van der Waals surface area contributed by atoms with E-state index in [-0.39, 0.29) is 5.56 Å². The van der Waals surface area contributed by atoms with Crippen LogP contribution in [0.4, 0.5) is 0 Å². The molecule has 0 atom stereocenters. The monoisotopic (exact) mass is 377 g/mol. The van der Waals surface area contributed by atoms with Crippen molar-refractivity contribution in [2.24, 2.45) is 0 Å². The number of nitrogens with zero attached hydrogens (tertiary/aromatic N) is 3. The number of aromatic nitrogens is 3. The van der Waals surface area contributed by atoms with Crippen molar-refractivity contribution < 1.29 is 4.42 Å². The van der Waals surface area contributed by atoms with Crippen LogP contribution in [-0.2, 0) is 12.3 Å². The van der Waals surface area contributed by atoms with Crippen LogP contribution in [0.15, 0.2) is 14.4 Å². The Morgan fingerprint density at radius 2 is 1.96 bits per heavy atom. The predicted octanol–water partition coefficient (Wildman–Crippen LogP) is 4.77. The van der Waals surface area contributed by atoms with Crippen LogP contribution < -0.4 is 5.56 Å². The molecular formula is C18H23N3O2S2. The van der Waals surface area contributed by atoms with E-state index in [0.29, 0.717) is 18.2 Å². The molecule has 0 aliphatic carbocycles. The van der Waals surface area contributed by atoms with Gasteiger partial charge in [-0.25, -0.2) is 9.97 Å². The van der Waals surface area contributed by atoms with E-state index in [0.717, 1.165) is 50.1 Å². The first-order valence-electron chi connectivity index (χ1n) is 8.48. The lowest BCUT2D eigenvalue weighted by Gasteiger charge is -2.11. The van der Waals surface area contributed by atoms with Crippen LogP contribution in [0.25, 0.3) is 10.2 Å². The first-order valence-corrected chi connectivity index (χ1v) is 10.3. The van der Waals surface area contributed by atoms with Crippen LogP contribution in [0.3, 0.4) is 0 Å². The summed E-state index contributed by atoms with van der Waals surface area (Å²) in [5.41, 5.74) is 2.03. The number of unbranched alkanes of at least 4 members (excludes halogenated alkanes) is 1. The lowest BCUT2D eigenvalue weighted by molar-refractivity contribution is 0.489. The average Bonchev–Trinajstić information content (AvgIpc) is 3.04. The Hall–Kier alpha value is -1.60. The van der Waals surface area contributed by atoms with Crippen LogP contribution in [0, 0.1) is 27.7 Å². The second kappa shape index (κ2) is 7.33. The molecule has 0 saturated carbocycles. The Morgan fingerprint density at radius 3 is 2.60 bits per heavy atom. The van der Waals surface area contributed by atoms with Crippen molar-refractivity contribution in [1.82, 2.24) is 14.5 Å². The van der Waals surface area contributed by atoms with E-state index in [4.69, 9.17) is 9.40 Å². The van der Waals surface area contributed by atoms with Crippen LogP contribution in [0.2, 0.25) is 0 Å². The van der Waals surface area contributed by atoms with Gasteiger partial charge in [-0.3, -0.25) is 9.36 Å². The highest BCUT2D eigenvalue weighted by Crippen LogP contribution is 2.29. The van der Waals surface area contributed by atoms with Gasteiger partial charge in [-0.05, 0) is 39.7 Å². The summed E-state index contributed by atoms with van der Waals surface area (Å²) in [5.74, 6) is 2.09. The molecule has 0 spiro atoms. The van der Waals surface area contributed by atoms with E-state index in [9.17, 15) is 4.79 Å². The Morgan fingerprint density at radius 1 is 1.20 bits per heavy atom. The molecule has 0 fully saturated rings. The molecule has 0 aromatic carbocycles. The Labute approximate surface area is 155 Å². The number of hydrogen-bond donors (Lipinski definition) is 0. The molecular weight excluding hydrogens is 354 g/mol. The minimum absolute atomic E-state index is 0.0718. The van der Waals surface area contributed by atoms with E-state index >= 15 is 0 Å². The van der Waals surface area contributed by atoms with Gasteiger partial charge in [0, 0.05) is 11.4 Å². The number of thioether (sulfide) groups is 1. The van der Waals surface area contributed by atoms with Crippen molar-refractivity contribution in [2.75, 3.05) is 0 Å². The van der Waals surface area contributed by atoms with Gasteiger partial charge in [-0.15, -0.1) is 11.3 Å².